The number of aliphatic hydroxyl groups is 1. The van der Waals surface area contributed by atoms with E-state index in [4.69, 9.17) is 16.2 Å². The van der Waals surface area contributed by atoms with Gasteiger partial charge in [0.15, 0.2) is 11.6 Å². The summed E-state index contributed by atoms with van der Waals surface area (Å²) in [6, 6.07) is 16.6. The second-order valence-corrected chi connectivity index (χ2v) is 10.5. The number of carbonyl (C=O) groups excluding carboxylic acids is 3. The lowest BCUT2D eigenvalue weighted by Gasteiger charge is -2.30. The zero-order chi connectivity index (χ0) is 31.5. The Balaban J connectivity index is 2.18. The molecule has 0 spiro atoms. The second-order valence-electron chi connectivity index (χ2n) is 10.5. The summed E-state index contributed by atoms with van der Waals surface area (Å²) in [5.41, 5.74) is 13.0. The maximum Gasteiger partial charge on any atom is 0.254 e. The minimum atomic E-state index is -1.15. The smallest absolute Gasteiger partial charge is 0.254 e. The van der Waals surface area contributed by atoms with E-state index in [1.54, 1.807) is 11.0 Å². The first-order chi connectivity index (χ1) is 20.6. The summed E-state index contributed by atoms with van der Waals surface area (Å²) < 4.78 is 19.8. The topological polar surface area (TPSA) is 148 Å². The highest BCUT2D eigenvalue weighted by Crippen LogP contribution is 2.34. The maximum atomic E-state index is 14.7. The van der Waals surface area contributed by atoms with Gasteiger partial charge in [-0.1, -0.05) is 50.2 Å². The molecule has 0 aliphatic carbocycles. The molecule has 0 aliphatic rings. The van der Waals surface area contributed by atoms with Crippen LogP contribution in [0, 0.1) is 5.82 Å². The predicted octanol–water partition coefficient (Wildman–Crippen LogP) is 3.77. The number of benzene rings is 3. The molecule has 0 saturated carbocycles. The summed E-state index contributed by atoms with van der Waals surface area (Å²) in [6.45, 7) is 5.29. The van der Waals surface area contributed by atoms with Crippen molar-refractivity contribution in [2.45, 2.75) is 51.7 Å². The van der Waals surface area contributed by atoms with Crippen molar-refractivity contribution < 1.29 is 28.6 Å². The highest BCUT2D eigenvalue weighted by atomic mass is 19.1. The minimum Gasteiger partial charge on any atom is -0.494 e. The van der Waals surface area contributed by atoms with Crippen molar-refractivity contribution in [3.8, 4) is 5.75 Å². The van der Waals surface area contributed by atoms with E-state index in [1.807, 2.05) is 44.2 Å². The molecule has 0 aliphatic heterocycles. The molecule has 0 aromatic heterocycles. The first-order valence-electron chi connectivity index (χ1n) is 14.4. The van der Waals surface area contributed by atoms with E-state index < -0.39 is 35.6 Å². The molecule has 0 saturated heterocycles. The highest BCUT2D eigenvalue weighted by molar-refractivity contribution is 6.06. The van der Waals surface area contributed by atoms with E-state index in [-0.39, 0.29) is 41.0 Å². The van der Waals surface area contributed by atoms with Crippen molar-refractivity contribution in [3.05, 3.63) is 99.9 Å². The summed E-state index contributed by atoms with van der Waals surface area (Å²) in [6.07, 6.45) is 0.260. The largest absolute Gasteiger partial charge is 0.494 e. The molecule has 0 unspecified atom stereocenters. The van der Waals surface area contributed by atoms with Crippen LogP contribution in [0.2, 0.25) is 0 Å². The molecule has 6 N–H and O–H groups in total. The van der Waals surface area contributed by atoms with Gasteiger partial charge in [-0.05, 0) is 60.2 Å². The second kappa shape index (κ2) is 15.8. The van der Waals surface area contributed by atoms with Crippen molar-refractivity contribution in [3.63, 3.8) is 0 Å². The lowest BCUT2D eigenvalue weighted by atomic mass is 9.80. The summed E-state index contributed by atoms with van der Waals surface area (Å²) in [5, 5.41) is 14.9. The minimum absolute atomic E-state index is 0.0487. The van der Waals surface area contributed by atoms with Gasteiger partial charge in [0, 0.05) is 48.8 Å². The molecule has 0 heterocycles. The standard InChI is InChI=1S/C33H41FN4O5/c1-4-13-38(14-5-2)33(42)26-18-23(31(35)40)17-25(32(36)41)30(26)24(15-22-11-12-29(43-3)27(34)16-22)28(39)20-37-19-21-9-7-6-8-10-21/h6-12,16-18,24,28,37,39H,4-5,13-15,19-20H2,1-3H3,(H2,35,40)(H2,36,41)/t24-,28+/m1/s1. The Kier molecular flexibility index (Phi) is 12.2. The number of hydrogen-bond donors (Lipinski definition) is 4. The Morgan fingerprint density at radius 1 is 0.930 bits per heavy atom. The fourth-order valence-electron chi connectivity index (χ4n) is 5.22. The van der Waals surface area contributed by atoms with Gasteiger partial charge in [-0.25, -0.2) is 4.39 Å². The molecule has 3 aromatic carbocycles. The Morgan fingerprint density at radius 2 is 1.58 bits per heavy atom. The fourth-order valence-corrected chi connectivity index (χ4v) is 5.22. The van der Waals surface area contributed by atoms with Crippen LogP contribution in [-0.4, -0.2) is 60.6 Å². The molecule has 0 radical (unpaired) electrons. The van der Waals surface area contributed by atoms with E-state index >= 15 is 0 Å². The average Bonchev–Trinajstić information content (AvgIpc) is 2.99. The first-order valence-corrected chi connectivity index (χ1v) is 14.4. The average molecular weight is 593 g/mol. The molecule has 3 amide bonds. The molecule has 2 atom stereocenters. The molecular weight excluding hydrogens is 551 g/mol. The Hall–Kier alpha value is -4.28. The van der Waals surface area contributed by atoms with E-state index in [0.717, 1.165) is 5.56 Å². The molecule has 0 bridgehead atoms. The number of methoxy groups -OCH3 is 1. The van der Waals surface area contributed by atoms with E-state index in [0.29, 0.717) is 38.0 Å². The SMILES string of the molecule is CCCN(CCC)C(=O)c1cc(C(N)=O)cc(C(N)=O)c1[C@H](Cc1ccc(OC)c(F)c1)[C@@H](O)CNCc1ccccc1. The van der Waals surface area contributed by atoms with Crippen molar-refractivity contribution in [1.82, 2.24) is 10.2 Å². The van der Waals surface area contributed by atoms with Crippen LogP contribution in [0.4, 0.5) is 4.39 Å². The number of nitrogens with zero attached hydrogens (tertiary/aromatic N) is 1. The van der Waals surface area contributed by atoms with Crippen LogP contribution >= 0.6 is 0 Å². The molecule has 3 aromatic rings. The predicted molar refractivity (Wildman–Crippen MR) is 164 cm³/mol. The van der Waals surface area contributed by atoms with Gasteiger partial charge in [-0.2, -0.15) is 0 Å². The van der Waals surface area contributed by atoms with Crippen molar-refractivity contribution in [2.75, 3.05) is 26.7 Å². The summed E-state index contributed by atoms with van der Waals surface area (Å²) in [4.78, 5) is 40.9. The van der Waals surface area contributed by atoms with E-state index in [1.165, 1.54) is 31.4 Å². The third-order valence-electron chi connectivity index (χ3n) is 7.27. The van der Waals surface area contributed by atoms with Gasteiger partial charge in [-0.15, -0.1) is 0 Å². The number of primary amides is 2. The first kappa shape index (κ1) is 33.2. The van der Waals surface area contributed by atoms with Crippen LogP contribution in [-0.2, 0) is 13.0 Å². The third-order valence-corrected chi connectivity index (χ3v) is 7.27. The van der Waals surface area contributed by atoms with Crippen LogP contribution in [0.5, 0.6) is 5.75 Å². The number of aliphatic hydroxyl groups excluding tert-OH is 1. The normalized spacial score (nSPS) is 12.4. The molecule has 3 rings (SSSR count). The van der Waals surface area contributed by atoms with Crippen LogP contribution in [0.25, 0.3) is 0 Å². The Labute approximate surface area is 252 Å². The maximum absolute atomic E-state index is 14.7. The number of nitrogens with two attached hydrogens (primary N) is 2. The van der Waals surface area contributed by atoms with Gasteiger partial charge < -0.3 is 31.5 Å². The van der Waals surface area contributed by atoms with E-state index in [9.17, 15) is 23.9 Å². The number of amides is 3. The number of hydrogen-bond acceptors (Lipinski definition) is 6. The monoisotopic (exact) mass is 592 g/mol. The zero-order valence-corrected chi connectivity index (χ0v) is 24.9. The van der Waals surface area contributed by atoms with Crippen molar-refractivity contribution in [1.29, 1.82) is 0 Å². The van der Waals surface area contributed by atoms with Crippen LogP contribution in [0.1, 0.15) is 80.4 Å². The quantitative estimate of drug-likeness (QED) is 0.199. The molecule has 9 nitrogen and oxygen atoms in total. The van der Waals surface area contributed by atoms with Crippen LogP contribution in [0.15, 0.2) is 60.7 Å². The van der Waals surface area contributed by atoms with Gasteiger partial charge in [-0.3, -0.25) is 14.4 Å². The molecule has 43 heavy (non-hydrogen) atoms. The van der Waals surface area contributed by atoms with Crippen molar-refractivity contribution in [2.24, 2.45) is 11.5 Å². The van der Waals surface area contributed by atoms with Gasteiger partial charge >= 0.3 is 0 Å². The summed E-state index contributed by atoms with van der Waals surface area (Å²) in [5.74, 6) is -3.58. The van der Waals surface area contributed by atoms with Crippen molar-refractivity contribution >= 4 is 17.7 Å². The highest BCUT2D eigenvalue weighted by Gasteiger charge is 2.33. The van der Waals surface area contributed by atoms with Gasteiger partial charge in [0.25, 0.3) is 5.91 Å². The summed E-state index contributed by atoms with van der Waals surface area (Å²) >= 11 is 0. The zero-order valence-electron chi connectivity index (χ0n) is 24.9. The van der Waals surface area contributed by atoms with Gasteiger partial charge in [0.2, 0.25) is 11.8 Å². The molecule has 10 heteroatoms. The number of rotatable bonds is 16. The number of carbonyl (C=O) groups is 3. The van der Waals surface area contributed by atoms with Gasteiger partial charge in [0.1, 0.15) is 0 Å². The van der Waals surface area contributed by atoms with Crippen LogP contribution < -0.4 is 21.5 Å². The fraction of sp³-hybridized carbons (Fsp3) is 0.364. The number of nitrogens with one attached hydrogen (secondary N) is 1. The lowest BCUT2D eigenvalue weighted by Crippen LogP contribution is -2.38. The van der Waals surface area contributed by atoms with Gasteiger partial charge in [0.05, 0.1) is 13.2 Å². The number of halogens is 1. The summed E-state index contributed by atoms with van der Waals surface area (Å²) in [7, 11) is 1.36. The molecular formula is C33H41FN4O5. The van der Waals surface area contributed by atoms with E-state index in [2.05, 4.69) is 5.32 Å². The number of ether oxygens (including phenoxy) is 1. The third kappa shape index (κ3) is 8.62. The Bertz CT molecular complexity index is 1410. The molecule has 230 valence electrons. The Morgan fingerprint density at radius 3 is 2.14 bits per heavy atom. The molecule has 0 fully saturated rings. The lowest BCUT2D eigenvalue weighted by molar-refractivity contribution is 0.0751. The van der Waals surface area contributed by atoms with Crippen LogP contribution in [0.3, 0.4) is 0 Å².